The van der Waals surface area contributed by atoms with Gasteiger partial charge >= 0.3 is 0 Å². The third-order valence-corrected chi connectivity index (χ3v) is 2.73. The third-order valence-electron chi connectivity index (χ3n) is 2.73. The minimum atomic E-state index is -0.916. The zero-order valence-corrected chi connectivity index (χ0v) is 9.54. The predicted molar refractivity (Wildman–Crippen MR) is 60.5 cm³/mol. The summed E-state index contributed by atoms with van der Waals surface area (Å²) in [6.45, 7) is 1.08. The van der Waals surface area contributed by atoms with Crippen molar-refractivity contribution in [2.45, 2.75) is 12.4 Å². The predicted octanol–water partition coefficient (Wildman–Crippen LogP) is 1.58. The SMILES string of the molecule is Nc1ccc(C(O)c2coc(C3OCCO3)c2)o1. The summed E-state index contributed by atoms with van der Waals surface area (Å²) in [5.74, 6) is 1.16. The number of aliphatic hydroxyl groups excluding tert-OH is 1. The molecule has 0 aliphatic carbocycles. The minimum absolute atomic E-state index is 0.259. The van der Waals surface area contributed by atoms with Crippen molar-refractivity contribution >= 4 is 5.88 Å². The van der Waals surface area contributed by atoms with Crippen LogP contribution in [-0.4, -0.2) is 18.3 Å². The second-order valence-corrected chi connectivity index (χ2v) is 4.00. The molecule has 3 heterocycles. The van der Waals surface area contributed by atoms with Crippen LogP contribution in [-0.2, 0) is 9.47 Å². The number of hydrogen-bond donors (Lipinski definition) is 2. The second kappa shape index (κ2) is 4.49. The van der Waals surface area contributed by atoms with Gasteiger partial charge in [0.1, 0.15) is 11.9 Å². The van der Waals surface area contributed by atoms with Crippen LogP contribution in [0.4, 0.5) is 5.88 Å². The van der Waals surface area contributed by atoms with Gasteiger partial charge in [0.05, 0.1) is 19.5 Å². The van der Waals surface area contributed by atoms with E-state index in [0.717, 1.165) is 0 Å². The van der Waals surface area contributed by atoms with Crippen molar-refractivity contribution in [2.24, 2.45) is 0 Å². The number of ether oxygens (including phenoxy) is 2. The van der Waals surface area contributed by atoms with E-state index in [1.807, 2.05) is 0 Å². The van der Waals surface area contributed by atoms with Crippen LogP contribution in [0.5, 0.6) is 0 Å². The number of nitrogens with two attached hydrogens (primary N) is 1. The lowest BCUT2D eigenvalue weighted by atomic mass is 10.1. The van der Waals surface area contributed by atoms with Gasteiger partial charge < -0.3 is 29.1 Å². The van der Waals surface area contributed by atoms with Crippen LogP contribution in [0.3, 0.4) is 0 Å². The first kappa shape index (κ1) is 11.3. The highest BCUT2D eigenvalue weighted by molar-refractivity contribution is 5.30. The fourth-order valence-electron chi connectivity index (χ4n) is 1.84. The fraction of sp³-hybridized carbons (Fsp3) is 0.333. The molecule has 3 N–H and O–H groups in total. The normalized spacial score (nSPS) is 18.3. The Hall–Kier alpha value is -1.76. The molecule has 1 aliphatic rings. The lowest BCUT2D eigenvalue weighted by Gasteiger charge is -2.04. The molecule has 0 amide bonds. The Morgan fingerprint density at radius 3 is 2.72 bits per heavy atom. The molecule has 1 aliphatic heterocycles. The van der Waals surface area contributed by atoms with E-state index >= 15 is 0 Å². The number of aliphatic hydroxyl groups is 1. The highest BCUT2D eigenvalue weighted by atomic mass is 16.7. The summed E-state index contributed by atoms with van der Waals surface area (Å²) in [7, 11) is 0. The quantitative estimate of drug-likeness (QED) is 0.860. The van der Waals surface area contributed by atoms with Crippen molar-refractivity contribution < 1.29 is 23.4 Å². The van der Waals surface area contributed by atoms with E-state index in [1.165, 1.54) is 6.26 Å². The van der Waals surface area contributed by atoms with Gasteiger partial charge in [-0.15, -0.1) is 0 Å². The highest BCUT2D eigenvalue weighted by Gasteiger charge is 2.24. The molecule has 1 atom stereocenters. The molecule has 6 nitrogen and oxygen atoms in total. The summed E-state index contributed by atoms with van der Waals surface area (Å²) in [4.78, 5) is 0. The Morgan fingerprint density at radius 2 is 2.06 bits per heavy atom. The maximum atomic E-state index is 10.1. The molecule has 0 bridgehead atoms. The molecule has 0 radical (unpaired) electrons. The molecule has 1 saturated heterocycles. The van der Waals surface area contributed by atoms with Crippen molar-refractivity contribution in [1.82, 2.24) is 0 Å². The van der Waals surface area contributed by atoms with E-state index in [0.29, 0.717) is 30.3 Å². The number of nitrogen functional groups attached to an aromatic ring is 1. The lowest BCUT2D eigenvalue weighted by molar-refractivity contribution is -0.0588. The maximum absolute atomic E-state index is 10.1. The fourth-order valence-corrected chi connectivity index (χ4v) is 1.84. The van der Waals surface area contributed by atoms with Crippen LogP contribution in [0.2, 0.25) is 0 Å². The summed E-state index contributed by atoms with van der Waals surface area (Å²) in [5, 5.41) is 10.1. The summed E-state index contributed by atoms with van der Waals surface area (Å²) in [5.41, 5.74) is 6.03. The van der Waals surface area contributed by atoms with Gasteiger partial charge in [-0.05, 0) is 12.1 Å². The van der Waals surface area contributed by atoms with E-state index < -0.39 is 12.4 Å². The molecule has 3 rings (SSSR count). The van der Waals surface area contributed by atoms with Gasteiger partial charge in [-0.25, -0.2) is 0 Å². The molecule has 2 aromatic heterocycles. The van der Waals surface area contributed by atoms with Crippen LogP contribution in [0, 0.1) is 0 Å². The topological polar surface area (TPSA) is 91.0 Å². The second-order valence-electron chi connectivity index (χ2n) is 4.00. The molecule has 1 fully saturated rings. The maximum Gasteiger partial charge on any atom is 0.217 e. The van der Waals surface area contributed by atoms with Crippen LogP contribution < -0.4 is 5.73 Å². The van der Waals surface area contributed by atoms with Crippen LogP contribution in [0.1, 0.15) is 29.5 Å². The van der Waals surface area contributed by atoms with Gasteiger partial charge in [-0.1, -0.05) is 0 Å². The molecule has 18 heavy (non-hydrogen) atoms. The average molecular weight is 251 g/mol. The van der Waals surface area contributed by atoms with Crippen molar-refractivity contribution in [3.8, 4) is 0 Å². The van der Waals surface area contributed by atoms with Crippen molar-refractivity contribution in [1.29, 1.82) is 0 Å². The Balaban J connectivity index is 1.80. The Labute approximate surface area is 103 Å². The number of anilines is 1. The molecule has 96 valence electrons. The largest absolute Gasteiger partial charge is 0.464 e. The van der Waals surface area contributed by atoms with Crippen molar-refractivity contribution in [3.63, 3.8) is 0 Å². The Kier molecular flexibility index (Phi) is 2.83. The van der Waals surface area contributed by atoms with Gasteiger partial charge in [-0.3, -0.25) is 0 Å². The van der Waals surface area contributed by atoms with Gasteiger partial charge in [-0.2, -0.15) is 0 Å². The minimum Gasteiger partial charge on any atom is -0.464 e. The average Bonchev–Trinajstić information content (AvgIpc) is 3.09. The summed E-state index contributed by atoms with van der Waals surface area (Å²) in [6.07, 6.45) is 0.0397. The van der Waals surface area contributed by atoms with Gasteiger partial charge in [0.2, 0.25) is 6.29 Å². The summed E-state index contributed by atoms with van der Waals surface area (Å²) >= 11 is 0. The molecular formula is C12H13NO5. The molecular weight excluding hydrogens is 238 g/mol. The number of rotatable bonds is 3. The summed E-state index contributed by atoms with van der Waals surface area (Å²) < 4.78 is 21.1. The first-order chi connectivity index (χ1) is 8.74. The molecule has 1 unspecified atom stereocenters. The third kappa shape index (κ3) is 2.01. The number of hydrogen-bond acceptors (Lipinski definition) is 6. The zero-order chi connectivity index (χ0) is 12.5. The molecule has 2 aromatic rings. The van der Waals surface area contributed by atoms with E-state index in [9.17, 15) is 5.11 Å². The van der Waals surface area contributed by atoms with E-state index in [-0.39, 0.29) is 5.88 Å². The Bertz CT molecular complexity index is 526. The molecule has 6 heteroatoms. The standard InChI is InChI=1S/C12H13NO5/c13-10-2-1-8(18-10)11(14)7-5-9(17-6-7)12-15-3-4-16-12/h1-2,5-6,11-12,14H,3-4,13H2. The van der Waals surface area contributed by atoms with Crippen molar-refractivity contribution in [2.75, 3.05) is 18.9 Å². The van der Waals surface area contributed by atoms with Crippen LogP contribution >= 0.6 is 0 Å². The first-order valence-corrected chi connectivity index (χ1v) is 5.59. The lowest BCUT2D eigenvalue weighted by Crippen LogP contribution is -1.98. The number of furan rings is 2. The van der Waals surface area contributed by atoms with Crippen LogP contribution in [0.25, 0.3) is 0 Å². The molecule has 0 spiro atoms. The van der Waals surface area contributed by atoms with E-state index in [4.69, 9.17) is 24.0 Å². The van der Waals surface area contributed by atoms with Crippen LogP contribution in [0.15, 0.2) is 33.3 Å². The van der Waals surface area contributed by atoms with E-state index in [1.54, 1.807) is 18.2 Å². The zero-order valence-electron chi connectivity index (χ0n) is 9.54. The van der Waals surface area contributed by atoms with Gasteiger partial charge in [0, 0.05) is 11.6 Å². The molecule has 0 aromatic carbocycles. The molecule has 0 saturated carbocycles. The van der Waals surface area contributed by atoms with Gasteiger partial charge in [0.25, 0.3) is 0 Å². The highest BCUT2D eigenvalue weighted by Crippen LogP contribution is 2.30. The monoisotopic (exact) mass is 251 g/mol. The first-order valence-electron chi connectivity index (χ1n) is 5.59. The Morgan fingerprint density at radius 1 is 1.28 bits per heavy atom. The van der Waals surface area contributed by atoms with E-state index in [2.05, 4.69) is 0 Å². The summed E-state index contributed by atoms with van der Waals surface area (Å²) in [6, 6.07) is 4.89. The van der Waals surface area contributed by atoms with Gasteiger partial charge in [0.15, 0.2) is 11.6 Å². The van der Waals surface area contributed by atoms with Crippen molar-refractivity contribution in [3.05, 3.63) is 41.5 Å². The smallest absolute Gasteiger partial charge is 0.217 e.